The summed E-state index contributed by atoms with van der Waals surface area (Å²) >= 11 is 0. The van der Waals surface area contributed by atoms with Gasteiger partial charge in [-0.15, -0.1) is 18.7 Å². The van der Waals surface area contributed by atoms with E-state index in [-0.39, 0.29) is 43.0 Å². The third-order valence-electron chi connectivity index (χ3n) is 4.42. The number of amides is 2. The molecule has 1 atom stereocenters. The second kappa shape index (κ2) is 13.0. The summed E-state index contributed by atoms with van der Waals surface area (Å²) < 4.78 is 68.5. The van der Waals surface area contributed by atoms with Gasteiger partial charge in [-0.05, 0) is 24.6 Å². The Bertz CT molecular complexity index is 1040. The number of hydrogen-bond donors (Lipinski definition) is 6. The molecule has 1 aliphatic heterocycles. The predicted octanol–water partition coefficient (Wildman–Crippen LogP) is 0.264. The van der Waals surface area contributed by atoms with E-state index in [0.29, 0.717) is 0 Å². The number of nitrogens with zero attached hydrogens (tertiary/aromatic N) is 2. The molecule has 1 aromatic carbocycles. The zero-order valence-corrected chi connectivity index (χ0v) is 18.6. The first-order valence-corrected chi connectivity index (χ1v) is 10.3. The molecule has 1 aromatic rings. The topological polar surface area (TPSA) is 157 Å². The molecule has 1 heterocycles. The summed E-state index contributed by atoms with van der Waals surface area (Å²) in [5.74, 6) is -2.88. The fraction of sp³-hybridized carbons (Fsp3) is 0.350. The van der Waals surface area contributed by atoms with E-state index < -0.39 is 42.5 Å². The first-order valence-electron chi connectivity index (χ1n) is 10.3. The van der Waals surface area contributed by atoms with Crippen LogP contribution in [0.1, 0.15) is 12.0 Å². The van der Waals surface area contributed by atoms with Gasteiger partial charge in [0, 0.05) is 37.6 Å². The van der Waals surface area contributed by atoms with E-state index in [1.807, 2.05) is 0 Å². The standard InChI is InChI=1S/C20H23F5N8O3/c21-13(3-6-33-11-17(31-32-33)19(35)29-5-4-26)9-28-10-16(27)18(34)30-8-12-7-14(1-2-15(12)22)36-20(23,24)25/h1-2,7,10-11,13,28,31-32H,3,5-6,8-9,27H2,(H,29,35)(H,30,34)/b16-10-. The molecule has 1 aliphatic rings. The molecule has 0 aliphatic carbocycles. The molecular formula is C20H23F5N8O3. The molecule has 11 nitrogen and oxygen atoms in total. The van der Waals surface area contributed by atoms with Gasteiger partial charge < -0.3 is 26.4 Å². The lowest BCUT2D eigenvalue weighted by atomic mass is 10.2. The van der Waals surface area contributed by atoms with Crippen molar-refractivity contribution in [3.8, 4) is 11.8 Å². The monoisotopic (exact) mass is 518 g/mol. The van der Waals surface area contributed by atoms with E-state index in [4.69, 9.17) is 11.0 Å². The molecule has 2 rings (SSSR count). The van der Waals surface area contributed by atoms with Gasteiger partial charge >= 0.3 is 6.36 Å². The van der Waals surface area contributed by atoms with Gasteiger partial charge in [0.1, 0.15) is 35.7 Å². The zero-order valence-electron chi connectivity index (χ0n) is 18.6. The van der Waals surface area contributed by atoms with E-state index in [1.165, 1.54) is 11.2 Å². The van der Waals surface area contributed by atoms with Crippen molar-refractivity contribution in [2.45, 2.75) is 25.5 Å². The fourth-order valence-corrected chi connectivity index (χ4v) is 2.71. The summed E-state index contributed by atoms with van der Waals surface area (Å²) in [5.41, 5.74) is 10.3. The maximum Gasteiger partial charge on any atom is 0.573 e. The molecular weight excluding hydrogens is 495 g/mol. The van der Waals surface area contributed by atoms with Crippen LogP contribution in [0.4, 0.5) is 22.0 Å². The van der Waals surface area contributed by atoms with Crippen LogP contribution in [0.3, 0.4) is 0 Å². The van der Waals surface area contributed by atoms with Crippen molar-refractivity contribution < 1.29 is 36.3 Å². The third kappa shape index (κ3) is 9.54. The Hall–Kier alpha value is -4.26. The highest BCUT2D eigenvalue weighted by Gasteiger charge is 2.31. The van der Waals surface area contributed by atoms with Gasteiger partial charge in [-0.1, -0.05) is 0 Å². The number of hydrogen-bond acceptors (Lipinski definition) is 9. The second-order valence-corrected chi connectivity index (χ2v) is 7.19. The van der Waals surface area contributed by atoms with Crippen LogP contribution in [-0.4, -0.2) is 49.0 Å². The van der Waals surface area contributed by atoms with Crippen LogP contribution in [0.5, 0.6) is 5.75 Å². The lowest BCUT2D eigenvalue weighted by Gasteiger charge is -2.16. The number of carbonyl (C=O) groups excluding carboxylic acids is 2. The molecule has 0 saturated carbocycles. The van der Waals surface area contributed by atoms with E-state index in [0.717, 1.165) is 24.4 Å². The average Bonchev–Trinajstić information content (AvgIpc) is 3.29. The Morgan fingerprint density at radius 2 is 2.06 bits per heavy atom. The van der Waals surface area contributed by atoms with Crippen LogP contribution in [0.25, 0.3) is 0 Å². The number of nitrogens with two attached hydrogens (primary N) is 1. The van der Waals surface area contributed by atoms with Gasteiger partial charge in [-0.2, -0.15) is 5.26 Å². The number of benzene rings is 1. The Morgan fingerprint density at radius 1 is 1.31 bits per heavy atom. The Labute approximate surface area is 202 Å². The Kier molecular flexibility index (Phi) is 10.1. The number of ether oxygens (including phenoxy) is 1. The number of nitriles is 1. The van der Waals surface area contributed by atoms with Gasteiger partial charge in [-0.25, -0.2) is 8.78 Å². The van der Waals surface area contributed by atoms with E-state index in [1.54, 1.807) is 6.07 Å². The maximum atomic E-state index is 14.1. The van der Waals surface area contributed by atoms with Crippen LogP contribution in [0.2, 0.25) is 0 Å². The number of halogens is 5. The predicted molar refractivity (Wildman–Crippen MR) is 114 cm³/mol. The van der Waals surface area contributed by atoms with Crippen LogP contribution in [0, 0.1) is 17.1 Å². The molecule has 0 radical (unpaired) electrons. The number of carbonyl (C=O) groups is 2. The van der Waals surface area contributed by atoms with Crippen LogP contribution < -0.4 is 37.4 Å². The summed E-state index contributed by atoms with van der Waals surface area (Å²) in [6.07, 6.45) is -3.85. The van der Waals surface area contributed by atoms with Crippen molar-refractivity contribution in [2.75, 3.05) is 19.6 Å². The van der Waals surface area contributed by atoms with Crippen molar-refractivity contribution in [1.82, 2.24) is 31.9 Å². The molecule has 0 aromatic heterocycles. The van der Waals surface area contributed by atoms with Crippen molar-refractivity contribution >= 4 is 11.8 Å². The first-order chi connectivity index (χ1) is 17.0. The van der Waals surface area contributed by atoms with Gasteiger partial charge in [0.05, 0.1) is 6.07 Å². The number of hydrazine groups is 2. The molecule has 196 valence electrons. The number of rotatable bonds is 12. The molecule has 7 N–H and O–H groups in total. The third-order valence-corrected chi connectivity index (χ3v) is 4.42. The molecule has 16 heteroatoms. The molecule has 0 saturated heterocycles. The highest BCUT2D eigenvalue weighted by molar-refractivity contribution is 5.93. The van der Waals surface area contributed by atoms with Gasteiger partial charge in [0.2, 0.25) is 0 Å². The van der Waals surface area contributed by atoms with Gasteiger partial charge in [0.25, 0.3) is 11.8 Å². The minimum atomic E-state index is -4.96. The van der Waals surface area contributed by atoms with Crippen molar-refractivity contribution in [3.05, 3.63) is 53.4 Å². The minimum Gasteiger partial charge on any atom is -0.406 e. The molecule has 2 amide bonds. The van der Waals surface area contributed by atoms with Gasteiger partial charge in [0.15, 0.2) is 0 Å². The average molecular weight is 518 g/mol. The molecule has 0 fully saturated rings. The van der Waals surface area contributed by atoms with E-state index in [2.05, 4.69) is 31.6 Å². The van der Waals surface area contributed by atoms with E-state index >= 15 is 0 Å². The highest BCUT2D eigenvalue weighted by Crippen LogP contribution is 2.24. The first kappa shape index (κ1) is 28.0. The summed E-state index contributed by atoms with van der Waals surface area (Å²) in [4.78, 5) is 23.7. The Morgan fingerprint density at radius 3 is 2.75 bits per heavy atom. The summed E-state index contributed by atoms with van der Waals surface area (Å²) in [6.45, 7) is -0.667. The molecule has 0 bridgehead atoms. The van der Waals surface area contributed by atoms with Crippen molar-refractivity contribution in [3.63, 3.8) is 0 Å². The summed E-state index contributed by atoms with van der Waals surface area (Å²) in [6, 6.07) is 4.10. The van der Waals surface area contributed by atoms with E-state index in [9.17, 15) is 31.5 Å². The highest BCUT2D eigenvalue weighted by atomic mass is 19.4. The quantitative estimate of drug-likeness (QED) is 0.130. The lowest BCUT2D eigenvalue weighted by molar-refractivity contribution is -0.274. The number of nitrogens with one attached hydrogen (secondary N) is 5. The van der Waals surface area contributed by atoms with Crippen molar-refractivity contribution in [2.24, 2.45) is 5.73 Å². The zero-order chi connectivity index (χ0) is 26.7. The molecule has 0 spiro atoms. The lowest BCUT2D eigenvalue weighted by Crippen LogP contribution is -2.40. The molecule has 36 heavy (non-hydrogen) atoms. The van der Waals surface area contributed by atoms with Crippen LogP contribution >= 0.6 is 0 Å². The maximum absolute atomic E-state index is 14.1. The smallest absolute Gasteiger partial charge is 0.406 e. The van der Waals surface area contributed by atoms with Crippen LogP contribution in [0.15, 0.2) is 42.0 Å². The minimum absolute atomic E-state index is 0.0286. The summed E-state index contributed by atoms with van der Waals surface area (Å²) in [5, 5.41) is 17.0. The van der Waals surface area contributed by atoms with Crippen LogP contribution in [-0.2, 0) is 16.1 Å². The second-order valence-electron chi connectivity index (χ2n) is 7.19. The Balaban J connectivity index is 1.74. The molecule has 1 unspecified atom stereocenters. The van der Waals surface area contributed by atoms with Crippen molar-refractivity contribution in [1.29, 1.82) is 5.26 Å². The SMILES string of the molecule is N#CCNC(=O)C1=CN(CCC(F)CN/C=C(\N)C(=O)NCc2cc(OC(F)(F)F)ccc2F)NN1. The number of alkyl halides is 4. The fourth-order valence-electron chi connectivity index (χ4n) is 2.71. The normalized spacial score (nSPS) is 14.3. The van der Waals surface area contributed by atoms with Gasteiger partial charge in [-0.3, -0.25) is 20.0 Å². The largest absolute Gasteiger partial charge is 0.573 e. The summed E-state index contributed by atoms with van der Waals surface area (Å²) in [7, 11) is 0.